The number of hydrogen-bond acceptors (Lipinski definition) is 4. The van der Waals surface area contributed by atoms with Gasteiger partial charge in [0.05, 0.1) is 11.5 Å². The van der Waals surface area contributed by atoms with Gasteiger partial charge in [0.1, 0.15) is 6.10 Å². The largest absolute Gasteiger partial charge is 0.414 e. The van der Waals surface area contributed by atoms with Crippen molar-refractivity contribution in [2.24, 2.45) is 0 Å². The van der Waals surface area contributed by atoms with Crippen LogP contribution >= 0.6 is 0 Å². The van der Waals surface area contributed by atoms with E-state index in [2.05, 4.69) is 33.9 Å². The van der Waals surface area contributed by atoms with Gasteiger partial charge in [0.15, 0.2) is 8.32 Å². The molecular weight excluding hydrogens is 388 g/mol. The highest BCUT2D eigenvalue weighted by atomic mass is 32.2. The molecule has 28 heavy (non-hydrogen) atoms. The Morgan fingerprint density at radius 2 is 1.54 bits per heavy atom. The summed E-state index contributed by atoms with van der Waals surface area (Å²) in [5.74, 6) is 0. The maximum absolute atomic E-state index is 13.5. The first kappa shape index (κ1) is 21.2. The van der Waals surface area contributed by atoms with Crippen molar-refractivity contribution in [3.63, 3.8) is 0 Å². The smallest absolute Gasteiger partial charge is 0.211 e. The lowest BCUT2D eigenvalue weighted by Crippen LogP contribution is -2.42. The molecule has 0 spiro atoms. The van der Waals surface area contributed by atoms with Gasteiger partial charge in [-0.1, -0.05) is 69.3 Å². The molecule has 0 aromatic heterocycles. The third-order valence-electron chi connectivity index (χ3n) is 5.98. The van der Waals surface area contributed by atoms with E-state index >= 15 is 0 Å². The molecule has 0 bridgehead atoms. The first-order valence-corrected chi connectivity index (χ1v) is 14.0. The lowest BCUT2D eigenvalue weighted by atomic mass is 10.1. The fraction of sp³-hybridized carbons (Fsp3) is 0.455. The van der Waals surface area contributed by atoms with E-state index in [0.29, 0.717) is 17.9 Å². The molecule has 1 saturated heterocycles. The Morgan fingerprint density at radius 1 is 1.00 bits per heavy atom. The van der Waals surface area contributed by atoms with Crippen LogP contribution in [0.4, 0.5) is 0 Å². The summed E-state index contributed by atoms with van der Waals surface area (Å²) in [5.41, 5.74) is 0.942. The molecule has 1 heterocycles. The van der Waals surface area contributed by atoms with Crippen LogP contribution in [-0.4, -0.2) is 34.4 Å². The van der Waals surface area contributed by atoms with E-state index in [9.17, 15) is 8.42 Å². The first-order chi connectivity index (χ1) is 13.0. The van der Waals surface area contributed by atoms with Gasteiger partial charge < -0.3 is 9.16 Å². The van der Waals surface area contributed by atoms with Gasteiger partial charge in [-0.25, -0.2) is 8.42 Å². The summed E-state index contributed by atoms with van der Waals surface area (Å²) in [4.78, 5) is -0.973. The molecule has 4 nitrogen and oxygen atoms in total. The third kappa shape index (κ3) is 3.96. The number of rotatable bonds is 7. The minimum atomic E-state index is -3.66. The lowest BCUT2D eigenvalue weighted by Gasteiger charge is -2.36. The molecule has 0 saturated carbocycles. The van der Waals surface area contributed by atoms with Crippen LogP contribution in [0.1, 0.15) is 26.3 Å². The summed E-state index contributed by atoms with van der Waals surface area (Å²) in [6, 6.07) is 18.2. The zero-order valence-electron chi connectivity index (χ0n) is 17.3. The van der Waals surface area contributed by atoms with Gasteiger partial charge in [0.2, 0.25) is 14.8 Å². The molecule has 2 atom stereocenters. The molecule has 1 fully saturated rings. The average Bonchev–Trinajstić information content (AvgIpc) is 3.35. The molecule has 1 aliphatic rings. The van der Waals surface area contributed by atoms with Crippen molar-refractivity contribution in [2.45, 2.75) is 61.3 Å². The standard InChI is InChI=1S/C22H30O4SSi/c1-21(2,3)28(4,5)25-17-20-22(26-20,16-18-12-8-6-9-13-18)27(23,24)19-14-10-7-11-15-19/h6-15,20H,16-17H2,1-5H3/t20-,22-/m1/s1. The molecule has 152 valence electrons. The van der Waals surface area contributed by atoms with Gasteiger partial charge in [-0.15, -0.1) is 0 Å². The Kier molecular flexibility index (Phi) is 5.62. The van der Waals surface area contributed by atoms with Gasteiger partial charge in [-0.2, -0.15) is 0 Å². The molecule has 0 N–H and O–H groups in total. The van der Waals surface area contributed by atoms with Crippen molar-refractivity contribution in [3.8, 4) is 0 Å². The van der Waals surface area contributed by atoms with Crippen LogP contribution in [0.2, 0.25) is 18.1 Å². The summed E-state index contributed by atoms with van der Waals surface area (Å²) < 4.78 is 39.2. The first-order valence-electron chi connectivity index (χ1n) is 9.65. The molecule has 0 amide bonds. The van der Waals surface area contributed by atoms with Gasteiger partial charge >= 0.3 is 0 Å². The quantitative estimate of drug-likeness (QED) is 0.478. The molecule has 0 unspecified atom stereocenters. The van der Waals surface area contributed by atoms with Crippen molar-refractivity contribution in [1.29, 1.82) is 0 Å². The number of ether oxygens (including phenoxy) is 1. The highest BCUT2D eigenvalue weighted by Crippen LogP contribution is 2.48. The molecule has 0 aliphatic carbocycles. The highest BCUT2D eigenvalue weighted by Gasteiger charge is 2.66. The van der Waals surface area contributed by atoms with Crippen LogP contribution in [-0.2, 0) is 25.4 Å². The van der Waals surface area contributed by atoms with E-state index in [-0.39, 0.29) is 5.04 Å². The number of hydrogen-bond donors (Lipinski definition) is 0. The molecule has 0 radical (unpaired) electrons. The lowest BCUT2D eigenvalue weighted by molar-refractivity contribution is 0.240. The Hall–Kier alpha value is -1.47. The zero-order chi connectivity index (χ0) is 20.6. The van der Waals surface area contributed by atoms with E-state index in [1.807, 2.05) is 36.4 Å². The highest BCUT2D eigenvalue weighted by molar-refractivity contribution is 7.93. The minimum absolute atomic E-state index is 0.0578. The average molecular weight is 419 g/mol. The molecule has 3 rings (SSSR count). The van der Waals surface area contributed by atoms with Crippen LogP contribution in [0.5, 0.6) is 0 Å². The van der Waals surface area contributed by atoms with E-state index in [1.165, 1.54) is 0 Å². The Labute approximate surface area is 169 Å². The summed E-state index contributed by atoms with van der Waals surface area (Å²) >= 11 is 0. The van der Waals surface area contributed by atoms with Crippen molar-refractivity contribution < 1.29 is 17.6 Å². The van der Waals surface area contributed by atoms with Crippen molar-refractivity contribution in [3.05, 3.63) is 66.2 Å². The van der Waals surface area contributed by atoms with Gasteiger partial charge in [0.25, 0.3) is 0 Å². The van der Waals surface area contributed by atoms with Crippen LogP contribution in [0.3, 0.4) is 0 Å². The van der Waals surface area contributed by atoms with E-state index < -0.39 is 29.2 Å². The van der Waals surface area contributed by atoms with E-state index in [4.69, 9.17) is 9.16 Å². The Bertz CT molecular complexity index is 905. The minimum Gasteiger partial charge on any atom is -0.414 e. The van der Waals surface area contributed by atoms with E-state index in [1.54, 1.807) is 24.3 Å². The van der Waals surface area contributed by atoms with Crippen molar-refractivity contribution >= 4 is 18.2 Å². The summed E-state index contributed by atoms with van der Waals surface area (Å²) in [7, 11) is -5.66. The fourth-order valence-electron chi connectivity index (χ4n) is 3.03. The maximum Gasteiger partial charge on any atom is 0.211 e. The SMILES string of the molecule is CC(C)(C)[Si](C)(C)OC[C@H]1O[C@]1(Cc1ccccc1)S(=O)(=O)c1ccccc1. The second-order valence-electron chi connectivity index (χ2n) is 8.97. The van der Waals surface area contributed by atoms with Crippen LogP contribution in [0, 0.1) is 0 Å². The third-order valence-corrected chi connectivity index (χ3v) is 12.8. The summed E-state index contributed by atoms with van der Waals surface area (Å²) in [6.45, 7) is 11.1. The molecule has 2 aromatic carbocycles. The van der Waals surface area contributed by atoms with Crippen LogP contribution in [0.15, 0.2) is 65.6 Å². The second kappa shape index (κ2) is 7.41. The monoisotopic (exact) mass is 418 g/mol. The number of benzene rings is 2. The predicted molar refractivity (Wildman–Crippen MR) is 115 cm³/mol. The normalized spacial score (nSPS) is 22.8. The predicted octanol–water partition coefficient (Wildman–Crippen LogP) is 4.82. The van der Waals surface area contributed by atoms with Gasteiger partial charge in [-0.05, 0) is 35.8 Å². The summed E-state index contributed by atoms with van der Waals surface area (Å²) in [5, 5.41) is 0.0578. The summed E-state index contributed by atoms with van der Waals surface area (Å²) in [6.07, 6.45) is -0.150. The molecule has 2 aromatic rings. The second-order valence-corrected chi connectivity index (χ2v) is 15.9. The van der Waals surface area contributed by atoms with E-state index in [0.717, 1.165) is 5.56 Å². The number of epoxide rings is 1. The maximum atomic E-state index is 13.5. The fourth-order valence-corrected chi connectivity index (χ4v) is 5.96. The molecule has 6 heteroatoms. The van der Waals surface area contributed by atoms with Crippen LogP contribution < -0.4 is 0 Å². The Morgan fingerprint density at radius 3 is 2.07 bits per heavy atom. The molecular formula is C22H30O4SSi. The zero-order valence-corrected chi connectivity index (χ0v) is 19.1. The molecule has 1 aliphatic heterocycles. The topological polar surface area (TPSA) is 55.9 Å². The number of sulfone groups is 1. The Balaban J connectivity index is 1.88. The van der Waals surface area contributed by atoms with Gasteiger partial charge in [-0.3, -0.25) is 0 Å². The van der Waals surface area contributed by atoms with Crippen molar-refractivity contribution in [1.82, 2.24) is 0 Å². The van der Waals surface area contributed by atoms with Crippen molar-refractivity contribution in [2.75, 3.05) is 6.61 Å². The van der Waals surface area contributed by atoms with Gasteiger partial charge in [0, 0.05) is 6.42 Å². The van der Waals surface area contributed by atoms with Crippen LogP contribution in [0.25, 0.3) is 0 Å².